The smallest absolute Gasteiger partial charge is 0.419 e. The number of sulfonamides is 1. The predicted octanol–water partition coefficient (Wildman–Crippen LogP) is 5.37. The highest BCUT2D eigenvalue weighted by atomic mass is 32.2. The van der Waals surface area contributed by atoms with E-state index in [1.807, 2.05) is 11.9 Å². The molecule has 1 N–H and O–H groups in total. The van der Waals surface area contributed by atoms with E-state index in [2.05, 4.69) is 4.72 Å². The Morgan fingerprint density at radius 3 is 2.40 bits per heavy atom. The molecule has 3 aromatic rings. The van der Waals surface area contributed by atoms with Crippen molar-refractivity contribution in [1.82, 2.24) is 4.90 Å². The molecule has 0 radical (unpaired) electrons. The van der Waals surface area contributed by atoms with Gasteiger partial charge in [-0.15, -0.1) is 0 Å². The molecular formula is C24H24F3N3O8S2. The minimum atomic E-state index is -4.73. The second kappa shape index (κ2) is 11.4. The molecule has 0 amide bonds. The van der Waals surface area contributed by atoms with Gasteiger partial charge in [0.05, 0.1) is 36.5 Å². The number of likely N-dealkylation sites (tertiary alicyclic amines) is 1. The summed E-state index contributed by atoms with van der Waals surface area (Å²) in [5.74, 6) is 0.241. The van der Waals surface area contributed by atoms with Gasteiger partial charge in [0.2, 0.25) is 0 Å². The van der Waals surface area contributed by atoms with Crippen molar-refractivity contribution in [3.05, 3.63) is 58.1 Å². The summed E-state index contributed by atoms with van der Waals surface area (Å²) in [5.41, 5.74) is -1.89. The van der Waals surface area contributed by atoms with Gasteiger partial charge >= 0.3 is 11.9 Å². The molecule has 1 aliphatic heterocycles. The minimum absolute atomic E-state index is 0.113. The van der Waals surface area contributed by atoms with Gasteiger partial charge in [0, 0.05) is 25.2 Å². The van der Waals surface area contributed by atoms with Gasteiger partial charge in [0.15, 0.2) is 15.7 Å². The molecule has 1 atom stereocenters. The third-order valence-electron chi connectivity index (χ3n) is 5.87. The molecule has 0 unspecified atom stereocenters. The fraction of sp³-hybridized carbons (Fsp3) is 0.333. The number of hydrogen-bond acceptors (Lipinski definition) is 10. The number of alkyl halides is 3. The number of methoxy groups -OCH3 is 2. The van der Waals surface area contributed by atoms with Crippen molar-refractivity contribution >= 4 is 32.7 Å². The Kier molecular flexibility index (Phi) is 8.32. The van der Waals surface area contributed by atoms with Crippen LogP contribution in [0, 0.1) is 10.1 Å². The average molecular weight is 604 g/mol. The second-order valence-electron chi connectivity index (χ2n) is 8.72. The molecular weight excluding hydrogens is 579 g/mol. The van der Waals surface area contributed by atoms with E-state index in [0.29, 0.717) is 42.7 Å². The molecule has 11 nitrogen and oxygen atoms in total. The zero-order valence-electron chi connectivity index (χ0n) is 21.4. The first-order valence-corrected chi connectivity index (χ1v) is 13.9. The van der Waals surface area contributed by atoms with Crippen LogP contribution in [0.3, 0.4) is 0 Å². The van der Waals surface area contributed by atoms with Crippen molar-refractivity contribution < 1.29 is 45.5 Å². The van der Waals surface area contributed by atoms with Gasteiger partial charge in [-0.05, 0) is 37.7 Å². The molecule has 216 valence electrons. The summed E-state index contributed by atoms with van der Waals surface area (Å²) < 4.78 is 90.3. The fourth-order valence-electron chi connectivity index (χ4n) is 3.96. The summed E-state index contributed by atoms with van der Waals surface area (Å²) in [6.45, 7) is 1.05. The molecule has 0 saturated carbocycles. The first-order chi connectivity index (χ1) is 18.8. The van der Waals surface area contributed by atoms with Crippen LogP contribution < -0.4 is 23.7 Å². The van der Waals surface area contributed by atoms with Crippen molar-refractivity contribution in [2.45, 2.75) is 22.9 Å². The average Bonchev–Trinajstić information content (AvgIpc) is 3.49. The van der Waals surface area contributed by atoms with Crippen LogP contribution >= 0.6 is 11.3 Å². The Bertz CT molecular complexity index is 1510. The number of nitro groups is 1. The zero-order valence-corrected chi connectivity index (χ0v) is 23.0. The monoisotopic (exact) mass is 603 g/mol. The predicted molar refractivity (Wildman–Crippen MR) is 139 cm³/mol. The standard InChI is InChI=1S/C24H24F3N3O8S2/c1-29-9-8-16(13-29)37-20-10-14(4-6-17(20)24(25,26)27)28-40(33,34)22-12-18(30(31)32)23(39-22)38-15-5-7-19(35-2)21(11-15)36-3/h4-7,10-12,16,28H,8-9,13H2,1-3H3/t16-/m1/s1. The number of anilines is 1. The Morgan fingerprint density at radius 2 is 1.80 bits per heavy atom. The second-order valence-corrected chi connectivity index (χ2v) is 11.6. The summed E-state index contributed by atoms with van der Waals surface area (Å²) in [5, 5.41) is 11.3. The topological polar surface area (TPSA) is 129 Å². The van der Waals surface area contributed by atoms with Crippen LogP contribution in [0.1, 0.15) is 12.0 Å². The molecule has 0 aliphatic carbocycles. The Labute approximate surface area is 231 Å². The van der Waals surface area contributed by atoms with Crippen LogP contribution in [0.25, 0.3) is 0 Å². The lowest BCUT2D eigenvalue weighted by Crippen LogP contribution is -2.23. The highest BCUT2D eigenvalue weighted by Crippen LogP contribution is 2.44. The zero-order chi connectivity index (χ0) is 29.2. The largest absolute Gasteiger partial charge is 0.493 e. The van der Waals surface area contributed by atoms with Crippen molar-refractivity contribution in [3.8, 4) is 28.1 Å². The van der Waals surface area contributed by atoms with Crippen molar-refractivity contribution in [3.63, 3.8) is 0 Å². The number of ether oxygens (including phenoxy) is 4. The summed E-state index contributed by atoms with van der Waals surface area (Å²) >= 11 is 0.467. The lowest BCUT2D eigenvalue weighted by molar-refractivity contribution is -0.385. The van der Waals surface area contributed by atoms with Gasteiger partial charge in [-0.1, -0.05) is 11.3 Å². The molecule has 1 fully saturated rings. The van der Waals surface area contributed by atoms with Gasteiger partial charge in [-0.25, -0.2) is 8.42 Å². The molecule has 0 spiro atoms. The van der Waals surface area contributed by atoms with Crippen molar-refractivity contribution in [1.29, 1.82) is 0 Å². The number of likely N-dealkylation sites (N-methyl/N-ethyl adjacent to an activating group) is 1. The normalized spacial score (nSPS) is 16.0. The van der Waals surface area contributed by atoms with E-state index in [4.69, 9.17) is 18.9 Å². The SMILES string of the molecule is COc1ccc(Oc2sc(S(=O)(=O)Nc3ccc(C(F)(F)F)c(O[C@@H]4CCN(C)C4)c3)cc2[N+](=O)[O-])cc1OC. The molecule has 1 aromatic heterocycles. The van der Waals surface area contributed by atoms with Crippen molar-refractivity contribution in [2.75, 3.05) is 39.1 Å². The minimum Gasteiger partial charge on any atom is -0.493 e. The Morgan fingerprint density at radius 1 is 1.07 bits per heavy atom. The van der Waals surface area contributed by atoms with Crippen LogP contribution in [-0.4, -0.2) is 58.7 Å². The van der Waals surface area contributed by atoms with E-state index in [1.165, 1.54) is 32.4 Å². The molecule has 16 heteroatoms. The van der Waals surface area contributed by atoms with Gasteiger partial charge < -0.3 is 23.8 Å². The molecule has 2 heterocycles. The van der Waals surface area contributed by atoms with Crippen LogP contribution in [0.15, 0.2) is 46.7 Å². The first kappa shape index (κ1) is 29.2. The summed E-state index contributed by atoms with van der Waals surface area (Å²) in [7, 11) is 0.143. The Hall–Kier alpha value is -3.76. The van der Waals surface area contributed by atoms with Crippen LogP contribution in [0.5, 0.6) is 28.1 Å². The number of halogens is 3. The molecule has 0 bridgehead atoms. The lowest BCUT2D eigenvalue weighted by Gasteiger charge is -2.19. The number of nitrogens with zero attached hydrogens (tertiary/aromatic N) is 2. The molecule has 1 saturated heterocycles. The number of benzene rings is 2. The van der Waals surface area contributed by atoms with E-state index in [-0.39, 0.29) is 22.2 Å². The maximum Gasteiger partial charge on any atom is 0.419 e. The summed E-state index contributed by atoms with van der Waals surface area (Å²) in [6, 6.07) is 7.76. The third-order valence-corrected chi connectivity index (χ3v) is 8.72. The maximum atomic E-state index is 13.6. The third kappa shape index (κ3) is 6.51. The Balaban J connectivity index is 1.62. The molecule has 1 aliphatic rings. The molecule has 2 aromatic carbocycles. The van der Waals surface area contributed by atoms with Gasteiger partial charge in [-0.2, -0.15) is 13.2 Å². The quantitative estimate of drug-likeness (QED) is 0.240. The van der Waals surface area contributed by atoms with Gasteiger partial charge in [-0.3, -0.25) is 14.8 Å². The fourth-order valence-corrected chi connectivity index (χ4v) is 6.28. The van der Waals surface area contributed by atoms with E-state index in [9.17, 15) is 31.7 Å². The maximum absolute atomic E-state index is 13.6. The van der Waals surface area contributed by atoms with Gasteiger partial charge in [0.1, 0.15) is 17.6 Å². The molecule has 40 heavy (non-hydrogen) atoms. The number of rotatable bonds is 10. The van der Waals surface area contributed by atoms with E-state index in [1.54, 1.807) is 0 Å². The summed E-state index contributed by atoms with van der Waals surface area (Å²) in [4.78, 5) is 12.7. The molecule has 4 rings (SSSR count). The highest BCUT2D eigenvalue weighted by molar-refractivity contribution is 7.94. The van der Waals surface area contributed by atoms with Crippen LogP contribution in [-0.2, 0) is 16.2 Å². The number of hydrogen-bond donors (Lipinski definition) is 1. The first-order valence-electron chi connectivity index (χ1n) is 11.6. The van der Waals surface area contributed by atoms with Crippen molar-refractivity contribution in [2.24, 2.45) is 0 Å². The highest BCUT2D eigenvalue weighted by Gasteiger charge is 2.36. The van der Waals surface area contributed by atoms with E-state index in [0.717, 1.165) is 18.2 Å². The summed E-state index contributed by atoms with van der Waals surface area (Å²) in [6.07, 6.45) is -4.73. The van der Waals surface area contributed by atoms with Crippen LogP contribution in [0.4, 0.5) is 24.5 Å². The van der Waals surface area contributed by atoms with E-state index >= 15 is 0 Å². The number of thiophene rings is 1. The number of nitrogens with one attached hydrogen (secondary N) is 1. The van der Waals surface area contributed by atoms with Gasteiger partial charge in [0.25, 0.3) is 15.1 Å². The van der Waals surface area contributed by atoms with Crippen LogP contribution in [0.2, 0.25) is 0 Å². The van der Waals surface area contributed by atoms with E-state index < -0.39 is 48.4 Å². The lowest BCUT2D eigenvalue weighted by atomic mass is 10.1.